The Morgan fingerprint density at radius 3 is 2.22 bits per heavy atom. The Bertz CT molecular complexity index is 1100. The largest absolute Gasteiger partial charge is 0.340 e. The van der Waals surface area contributed by atoms with Gasteiger partial charge in [0.2, 0.25) is 0 Å². The summed E-state index contributed by atoms with van der Waals surface area (Å²) in [5, 5.41) is 4.18. The third-order valence-corrected chi connectivity index (χ3v) is 4.04. The number of benzene rings is 3. The molecule has 0 aliphatic rings. The molecule has 0 amide bonds. The normalized spacial score (nSPS) is 11.2. The molecule has 3 aromatic carbocycles. The van der Waals surface area contributed by atoms with E-state index in [-0.39, 0.29) is 11.6 Å². The molecular weight excluding hydrogens is 344 g/mol. The van der Waals surface area contributed by atoms with Gasteiger partial charge in [-0.1, -0.05) is 18.2 Å². The first-order valence-electron chi connectivity index (χ1n) is 8.39. The van der Waals surface area contributed by atoms with Crippen molar-refractivity contribution < 1.29 is 8.78 Å². The fraction of sp³-hybridized carbons (Fsp3) is 0. The summed E-state index contributed by atoms with van der Waals surface area (Å²) in [6, 6.07) is 21.7. The van der Waals surface area contributed by atoms with Crippen molar-refractivity contribution in [1.82, 2.24) is 4.98 Å². The van der Waals surface area contributed by atoms with Crippen LogP contribution in [0.5, 0.6) is 0 Å². The van der Waals surface area contributed by atoms with Crippen LogP contribution in [0, 0.1) is 11.6 Å². The number of aliphatic imine (C=N–C) groups is 1. The van der Waals surface area contributed by atoms with Gasteiger partial charge in [0.15, 0.2) is 0 Å². The van der Waals surface area contributed by atoms with E-state index in [0.717, 1.165) is 22.2 Å². The highest BCUT2D eigenvalue weighted by molar-refractivity contribution is 5.95. The van der Waals surface area contributed by atoms with Crippen LogP contribution >= 0.6 is 0 Å². The molecule has 0 fully saturated rings. The molecule has 4 rings (SSSR count). The van der Waals surface area contributed by atoms with Crippen LogP contribution < -0.4 is 5.32 Å². The van der Waals surface area contributed by atoms with Gasteiger partial charge in [-0.3, -0.25) is 4.99 Å². The van der Waals surface area contributed by atoms with Gasteiger partial charge in [0.1, 0.15) is 17.5 Å². The lowest BCUT2D eigenvalue weighted by Gasteiger charge is -2.10. The molecule has 1 heterocycles. The van der Waals surface area contributed by atoms with Crippen molar-refractivity contribution in [2.24, 2.45) is 4.99 Å². The predicted octanol–water partition coefficient (Wildman–Crippen LogP) is 6.01. The van der Waals surface area contributed by atoms with E-state index < -0.39 is 0 Å². The molecule has 0 saturated heterocycles. The maximum Gasteiger partial charge on any atom is 0.139 e. The fourth-order valence-electron chi connectivity index (χ4n) is 2.67. The maximum absolute atomic E-state index is 13.2. The SMILES string of the molecule is Fc1ccc(N=Cc2cc3ccccc3nc2Nc2ccc(F)cc2)cc1. The van der Waals surface area contributed by atoms with E-state index in [9.17, 15) is 8.78 Å². The second kappa shape index (κ2) is 7.33. The number of nitrogens with one attached hydrogen (secondary N) is 1. The molecule has 3 nitrogen and oxygen atoms in total. The van der Waals surface area contributed by atoms with Crippen LogP contribution in [-0.4, -0.2) is 11.2 Å². The summed E-state index contributed by atoms with van der Waals surface area (Å²) >= 11 is 0. The summed E-state index contributed by atoms with van der Waals surface area (Å²) in [5.41, 5.74) is 2.95. The molecule has 0 aliphatic heterocycles. The van der Waals surface area contributed by atoms with Crippen LogP contribution in [-0.2, 0) is 0 Å². The summed E-state index contributed by atoms with van der Waals surface area (Å²) in [7, 11) is 0. The molecule has 4 aromatic rings. The summed E-state index contributed by atoms with van der Waals surface area (Å²) in [6.07, 6.45) is 1.68. The standard InChI is InChI=1S/C22H15F2N3/c23-17-5-9-19(10-6-17)25-14-16-13-15-3-1-2-4-21(15)27-22(16)26-20-11-7-18(24)8-12-20/h1-14H,(H,26,27). The number of halogens is 2. The number of fused-ring (bicyclic) bond motifs is 1. The topological polar surface area (TPSA) is 37.3 Å². The van der Waals surface area contributed by atoms with Gasteiger partial charge in [0.25, 0.3) is 0 Å². The Labute approximate surface area is 155 Å². The van der Waals surface area contributed by atoms with Crippen molar-refractivity contribution in [3.63, 3.8) is 0 Å². The number of pyridine rings is 1. The van der Waals surface area contributed by atoms with Gasteiger partial charge in [-0.05, 0) is 60.7 Å². The van der Waals surface area contributed by atoms with E-state index in [1.807, 2.05) is 30.3 Å². The average Bonchev–Trinajstić information content (AvgIpc) is 2.69. The van der Waals surface area contributed by atoms with Crippen molar-refractivity contribution in [1.29, 1.82) is 0 Å². The monoisotopic (exact) mass is 359 g/mol. The summed E-state index contributed by atoms with van der Waals surface area (Å²) in [5.74, 6) is -0.00345. The van der Waals surface area contributed by atoms with Gasteiger partial charge in [0.05, 0.1) is 11.2 Å². The second-order valence-corrected chi connectivity index (χ2v) is 5.99. The van der Waals surface area contributed by atoms with Crippen LogP contribution in [0.15, 0.2) is 83.9 Å². The molecule has 1 N–H and O–H groups in total. The molecule has 5 heteroatoms. The van der Waals surface area contributed by atoms with Crippen molar-refractivity contribution >= 4 is 34.3 Å². The van der Waals surface area contributed by atoms with E-state index in [1.54, 1.807) is 30.5 Å². The third-order valence-electron chi connectivity index (χ3n) is 4.04. The van der Waals surface area contributed by atoms with Crippen LogP contribution in [0.4, 0.5) is 26.0 Å². The fourth-order valence-corrected chi connectivity index (χ4v) is 2.67. The van der Waals surface area contributed by atoms with E-state index in [0.29, 0.717) is 11.5 Å². The number of aromatic nitrogens is 1. The first-order valence-corrected chi connectivity index (χ1v) is 8.39. The van der Waals surface area contributed by atoms with Gasteiger partial charge >= 0.3 is 0 Å². The first kappa shape index (κ1) is 16.8. The quantitative estimate of drug-likeness (QED) is 0.453. The third kappa shape index (κ3) is 3.98. The summed E-state index contributed by atoms with van der Waals surface area (Å²) < 4.78 is 26.2. The van der Waals surface area contributed by atoms with Crippen LogP contribution in [0.3, 0.4) is 0 Å². The number of nitrogens with zero attached hydrogens (tertiary/aromatic N) is 2. The van der Waals surface area contributed by atoms with Gasteiger partial charge in [0, 0.05) is 22.9 Å². The Balaban J connectivity index is 1.74. The maximum atomic E-state index is 13.2. The minimum atomic E-state index is -0.306. The van der Waals surface area contributed by atoms with E-state index in [2.05, 4.69) is 15.3 Å². The number of hydrogen-bond donors (Lipinski definition) is 1. The molecule has 0 saturated carbocycles. The zero-order valence-electron chi connectivity index (χ0n) is 14.2. The van der Waals surface area contributed by atoms with Gasteiger partial charge < -0.3 is 5.32 Å². The number of hydrogen-bond acceptors (Lipinski definition) is 3. The highest BCUT2D eigenvalue weighted by Gasteiger charge is 2.06. The zero-order valence-corrected chi connectivity index (χ0v) is 14.2. The Morgan fingerprint density at radius 2 is 1.48 bits per heavy atom. The first-order chi connectivity index (χ1) is 13.2. The highest BCUT2D eigenvalue weighted by Crippen LogP contribution is 2.24. The van der Waals surface area contributed by atoms with Crippen molar-refractivity contribution in [3.05, 3.63) is 96.1 Å². The lowest BCUT2D eigenvalue weighted by Crippen LogP contribution is -1.99. The van der Waals surface area contributed by atoms with Crippen molar-refractivity contribution in [3.8, 4) is 0 Å². The average molecular weight is 359 g/mol. The van der Waals surface area contributed by atoms with Gasteiger partial charge in [-0.2, -0.15) is 0 Å². The molecular formula is C22H15F2N3. The van der Waals surface area contributed by atoms with E-state index in [1.165, 1.54) is 24.3 Å². The molecule has 0 bridgehead atoms. The van der Waals surface area contributed by atoms with Gasteiger partial charge in [-0.15, -0.1) is 0 Å². The predicted molar refractivity (Wildman–Crippen MR) is 105 cm³/mol. The summed E-state index contributed by atoms with van der Waals surface area (Å²) in [6.45, 7) is 0. The van der Waals surface area contributed by atoms with Crippen LogP contribution in [0.2, 0.25) is 0 Å². The van der Waals surface area contributed by atoms with Crippen molar-refractivity contribution in [2.45, 2.75) is 0 Å². The Morgan fingerprint density at radius 1 is 0.815 bits per heavy atom. The molecule has 0 spiro atoms. The molecule has 132 valence electrons. The van der Waals surface area contributed by atoms with E-state index >= 15 is 0 Å². The molecule has 27 heavy (non-hydrogen) atoms. The number of rotatable bonds is 4. The van der Waals surface area contributed by atoms with Crippen LogP contribution in [0.25, 0.3) is 10.9 Å². The molecule has 0 aliphatic carbocycles. The number of anilines is 2. The lowest BCUT2D eigenvalue weighted by molar-refractivity contribution is 0.627. The Kier molecular flexibility index (Phi) is 4.58. The van der Waals surface area contributed by atoms with Gasteiger partial charge in [-0.25, -0.2) is 13.8 Å². The molecule has 0 atom stereocenters. The van der Waals surface area contributed by atoms with E-state index in [4.69, 9.17) is 0 Å². The van der Waals surface area contributed by atoms with Crippen molar-refractivity contribution in [2.75, 3.05) is 5.32 Å². The Hall–Kier alpha value is -3.60. The summed E-state index contributed by atoms with van der Waals surface area (Å²) in [4.78, 5) is 9.07. The lowest BCUT2D eigenvalue weighted by atomic mass is 10.1. The highest BCUT2D eigenvalue weighted by atomic mass is 19.1. The number of para-hydroxylation sites is 1. The molecule has 1 aromatic heterocycles. The smallest absolute Gasteiger partial charge is 0.139 e. The zero-order chi connectivity index (χ0) is 18.6. The molecule has 0 radical (unpaired) electrons. The minimum absolute atomic E-state index is 0.301. The second-order valence-electron chi connectivity index (χ2n) is 5.99. The molecule has 0 unspecified atom stereocenters. The van der Waals surface area contributed by atoms with Crippen LogP contribution in [0.1, 0.15) is 5.56 Å². The minimum Gasteiger partial charge on any atom is -0.340 e.